The zero-order valence-electron chi connectivity index (χ0n) is 22.6. The molecular formula is C29H36N6O4. The van der Waals surface area contributed by atoms with E-state index in [4.69, 9.17) is 0 Å². The molecular weight excluding hydrogens is 496 g/mol. The lowest BCUT2D eigenvalue weighted by Gasteiger charge is -2.35. The zero-order valence-corrected chi connectivity index (χ0v) is 22.6. The van der Waals surface area contributed by atoms with Crippen LogP contribution in [0.4, 0.5) is 0 Å². The van der Waals surface area contributed by atoms with E-state index in [1.807, 2.05) is 57.3 Å². The van der Waals surface area contributed by atoms with Crippen LogP contribution in [0.3, 0.4) is 0 Å². The Morgan fingerprint density at radius 1 is 1.10 bits per heavy atom. The third-order valence-corrected chi connectivity index (χ3v) is 7.50. The van der Waals surface area contributed by atoms with Gasteiger partial charge in [-0.3, -0.25) is 14.4 Å². The first kappa shape index (κ1) is 26.8. The SMILES string of the molecule is CC(C)(C)[C@@H](C(=O)N1C[C@H](O)C[C@H]1C(=O)NC(Cn1ccccc1=O)c1ccccc1)n1cc(C2CC2)nn1. The highest BCUT2D eigenvalue weighted by atomic mass is 16.3. The molecule has 5 rings (SSSR count). The van der Waals surface area contributed by atoms with E-state index in [2.05, 4.69) is 15.6 Å². The van der Waals surface area contributed by atoms with E-state index in [0.29, 0.717) is 5.92 Å². The lowest BCUT2D eigenvalue weighted by Crippen LogP contribution is -2.51. The highest BCUT2D eigenvalue weighted by molar-refractivity contribution is 5.90. The summed E-state index contributed by atoms with van der Waals surface area (Å²) in [5.41, 5.74) is 1.03. The number of β-amino-alcohol motifs (C(OH)–C–C–N with tert-alkyl or cyclic N) is 1. The Hall–Kier alpha value is -3.79. The van der Waals surface area contributed by atoms with Crippen LogP contribution in [0, 0.1) is 5.41 Å². The molecule has 3 aromatic rings. The molecule has 1 aliphatic carbocycles. The first-order chi connectivity index (χ1) is 18.6. The van der Waals surface area contributed by atoms with E-state index >= 15 is 0 Å². The Kier molecular flexibility index (Phi) is 7.40. The molecule has 3 heterocycles. The number of aromatic nitrogens is 4. The Bertz CT molecular complexity index is 1370. The molecule has 1 saturated heterocycles. The number of hydrogen-bond donors (Lipinski definition) is 2. The third kappa shape index (κ3) is 5.95. The molecule has 0 radical (unpaired) electrons. The molecule has 39 heavy (non-hydrogen) atoms. The zero-order chi connectivity index (χ0) is 27.7. The number of nitrogens with zero attached hydrogens (tertiary/aromatic N) is 5. The second kappa shape index (κ2) is 10.8. The number of carbonyl (C=O) groups excluding carboxylic acids is 2. The van der Waals surface area contributed by atoms with Gasteiger partial charge >= 0.3 is 0 Å². The standard InChI is InChI=1S/C29H36N6O4/c1-29(2,3)26(35-18-23(31-32-35)20-12-13-20)28(39)34-16-21(36)15-24(34)27(38)30-22(19-9-5-4-6-10-19)17-33-14-8-7-11-25(33)37/h4-11,14,18,20-22,24,26,36H,12-13,15-17H2,1-3H3,(H,30,38)/t21-,22?,24+,26-/m1/s1. The Morgan fingerprint density at radius 2 is 1.82 bits per heavy atom. The maximum Gasteiger partial charge on any atom is 0.250 e. The van der Waals surface area contributed by atoms with Gasteiger partial charge < -0.3 is 19.9 Å². The van der Waals surface area contributed by atoms with E-state index in [-0.39, 0.29) is 36.9 Å². The summed E-state index contributed by atoms with van der Waals surface area (Å²) in [5, 5.41) is 22.2. The fourth-order valence-electron chi connectivity index (χ4n) is 5.32. The number of likely N-dealkylation sites (tertiary alicyclic amines) is 1. The summed E-state index contributed by atoms with van der Waals surface area (Å²) < 4.78 is 3.16. The van der Waals surface area contributed by atoms with E-state index in [1.54, 1.807) is 27.6 Å². The molecule has 4 atom stereocenters. The number of pyridine rings is 1. The predicted octanol–water partition coefficient (Wildman–Crippen LogP) is 2.42. The number of aliphatic hydroxyl groups excluding tert-OH is 1. The first-order valence-electron chi connectivity index (χ1n) is 13.5. The van der Waals surface area contributed by atoms with Crippen molar-refractivity contribution in [2.45, 2.75) is 76.7 Å². The molecule has 2 aromatic heterocycles. The van der Waals surface area contributed by atoms with Gasteiger partial charge in [-0.15, -0.1) is 5.10 Å². The molecule has 0 spiro atoms. The van der Waals surface area contributed by atoms with Gasteiger partial charge in [0, 0.05) is 37.3 Å². The second-order valence-corrected chi connectivity index (χ2v) is 11.7. The minimum atomic E-state index is -0.859. The van der Waals surface area contributed by atoms with E-state index < -0.39 is 29.6 Å². The average molecular weight is 533 g/mol. The van der Waals surface area contributed by atoms with Gasteiger partial charge in [0.25, 0.3) is 5.56 Å². The number of carbonyl (C=O) groups is 2. The van der Waals surface area contributed by atoms with Crippen LogP contribution >= 0.6 is 0 Å². The lowest BCUT2D eigenvalue weighted by atomic mass is 9.85. The van der Waals surface area contributed by atoms with Gasteiger partial charge in [-0.25, -0.2) is 4.68 Å². The van der Waals surface area contributed by atoms with Gasteiger partial charge in [0.15, 0.2) is 0 Å². The van der Waals surface area contributed by atoms with E-state index in [1.165, 1.54) is 11.0 Å². The van der Waals surface area contributed by atoms with Crippen LogP contribution in [0.1, 0.15) is 69.3 Å². The molecule has 1 aromatic carbocycles. The fraction of sp³-hybridized carbons (Fsp3) is 0.483. The molecule has 2 fully saturated rings. The Morgan fingerprint density at radius 3 is 2.49 bits per heavy atom. The minimum Gasteiger partial charge on any atom is -0.391 e. The normalized spacial score (nSPS) is 21.0. The van der Waals surface area contributed by atoms with Crippen LogP contribution in [0.15, 0.2) is 65.7 Å². The van der Waals surface area contributed by atoms with Crippen LogP contribution in [0.5, 0.6) is 0 Å². The molecule has 1 aliphatic heterocycles. The molecule has 1 saturated carbocycles. The average Bonchev–Trinajstić information content (AvgIpc) is 3.51. The van der Waals surface area contributed by atoms with Crippen molar-refractivity contribution in [1.82, 2.24) is 29.8 Å². The van der Waals surface area contributed by atoms with Crippen molar-refractivity contribution < 1.29 is 14.7 Å². The number of nitrogens with one attached hydrogen (secondary N) is 1. The summed E-state index contributed by atoms with van der Waals surface area (Å²) in [5.74, 6) is -0.252. The van der Waals surface area contributed by atoms with Gasteiger partial charge in [-0.05, 0) is 29.9 Å². The molecule has 0 bridgehead atoms. The van der Waals surface area contributed by atoms with E-state index in [9.17, 15) is 19.5 Å². The molecule has 2 N–H and O–H groups in total. The summed E-state index contributed by atoms with van der Waals surface area (Å²) in [6.07, 6.45) is 4.98. The molecule has 206 valence electrons. The first-order valence-corrected chi connectivity index (χ1v) is 13.5. The second-order valence-electron chi connectivity index (χ2n) is 11.7. The molecule has 1 unspecified atom stereocenters. The van der Waals surface area contributed by atoms with Crippen molar-refractivity contribution in [3.05, 3.63) is 82.5 Å². The van der Waals surface area contributed by atoms with Crippen LogP contribution in [-0.4, -0.2) is 60.1 Å². The quantitative estimate of drug-likeness (QED) is 0.460. The van der Waals surface area contributed by atoms with E-state index in [0.717, 1.165) is 24.1 Å². The smallest absolute Gasteiger partial charge is 0.250 e. The summed E-state index contributed by atoms with van der Waals surface area (Å²) in [6, 6.07) is 12.3. The number of amides is 2. The maximum absolute atomic E-state index is 14.0. The predicted molar refractivity (Wildman–Crippen MR) is 145 cm³/mol. The highest BCUT2D eigenvalue weighted by Crippen LogP contribution is 2.40. The molecule has 10 nitrogen and oxygen atoms in total. The number of rotatable bonds is 8. The van der Waals surface area contributed by atoms with Gasteiger partial charge in [0.05, 0.1) is 24.4 Å². The van der Waals surface area contributed by atoms with Gasteiger partial charge in [0.1, 0.15) is 12.1 Å². The number of benzene rings is 1. The van der Waals surface area contributed by atoms with Crippen LogP contribution in [-0.2, 0) is 16.1 Å². The summed E-state index contributed by atoms with van der Waals surface area (Å²) in [7, 11) is 0. The molecule has 10 heteroatoms. The van der Waals surface area contributed by atoms with Crippen LogP contribution in [0.2, 0.25) is 0 Å². The maximum atomic E-state index is 14.0. The third-order valence-electron chi connectivity index (χ3n) is 7.50. The highest BCUT2D eigenvalue weighted by Gasteiger charge is 2.45. The Balaban J connectivity index is 1.40. The van der Waals surface area contributed by atoms with Crippen molar-refractivity contribution in [3.8, 4) is 0 Å². The van der Waals surface area contributed by atoms with Crippen molar-refractivity contribution in [1.29, 1.82) is 0 Å². The fourth-order valence-corrected chi connectivity index (χ4v) is 5.32. The van der Waals surface area contributed by atoms with Crippen LogP contribution < -0.4 is 10.9 Å². The summed E-state index contributed by atoms with van der Waals surface area (Å²) >= 11 is 0. The lowest BCUT2D eigenvalue weighted by molar-refractivity contribution is -0.144. The van der Waals surface area contributed by atoms with Crippen molar-refractivity contribution in [2.75, 3.05) is 6.54 Å². The topological polar surface area (TPSA) is 122 Å². The van der Waals surface area contributed by atoms with Gasteiger partial charge in [-0.2, -0.15) is 0 Å². The van der Waals surface area contributed by atoms with Crippen LogP contribution in [0.25, 0.3) is 0 Å². The largest absolute Gasteiger partial charge is 0.391 e. The van der Waals surface area contributed by atoms with Crippen molar-refractivity contribution >= 4 is 11.8 Å². The minimum absolute atomic E-state index is 0.0574. The molecule has 2 amide bonds. The van der Waals surface area contributed by atoms with Crippen molar-refractivity contribution in [2.24, 2.45) is 5.41 Å². The summed E-state index contributed by atoms with van der Waals surface area (Å²) in [6.45, 7) is 6.16. The summed E-state index contributed by atoms with van der Waals surface area (Å²) in [4.78, 5) is 41.7. The number of hydrogen-bond acceptors (Lipinski definition) is 6. The van der Waals surface area contributed by atoms with Gasteiger partial charge in [-0.1, -0.05) is 62.4 Å². The molecule has 2 aliphatic rings. The number of aliphatic hydroxyl groups is 1. The van der Waals surface area contributed by atoms with Gasteiger partial charge in [0.2, 0.25) is 11.8 Å². The van der Waals surface area contributed by atoms with Crippen molar-refractivity contribution in [3.63, 3.8) is 0 Å². The Labute approximate surface area is 227 Å². The monoisotopic (exact) mass is 532 g/mol.